The van der Waals surface area contributed by atoms with Gasteiger partial charge in [-0.25, -0.2) is 15.2 Å². The molecule has 13 heteroatoms. The lowest BCUT2D eigenvalue weighted by Gasteiger charge is -2.36. The molecule has 10 N–H and O–H groups in total. The summed E-state index contributed by atoms with van der Waals surface area (Å²) in [6.07, 6.45) is 1.21. The number of unbranched alkanes of at least 4 members (excludes halogenated alkanes) is 1. The van der Waals surface area contributed by atoms with Gasteiger partial charge >= 0.3 is 13.8 Å². The first-order valence-corrected chi connectivity index (χ1v) is 10.2. The molecule has 0 fully saturated rings. The molecule has 0 radical (unpaired) electrons. The van der Waals surface area contributed by atoms with E-state index in [4.69, 9.17) is 27.1 Å². The van der Waals surface area contributed by atoms with Crippen LogP contribution in [0.4, 0.5) is 0 Å². The van der Waals surface area contributed by atoms with Gasteiger partial charge in [0.15, 0.2) is 17.0 Å². The van der Waals surface area contributed by atoms with Gasteiger partial charge in [-0.05, 0) is 44.0 Å². The van der Waals surface area contributed by atoms with Gasteiger partial charge in [-0.3, -0.25) is 19.6 Å². The Morgan fingerprint density at radius 3 is 2.41 bits per heavy atom. The Morgan fingerprint density at radius 1 is 1.31 bits per heavy atom. The van der Waals surface area contributed by atoms with Gasteiger partial charge in [0.05, 0.1) is 6.04 Å². The lowest BCUT2D eigenvalue weighted by atomic mass is 9.91. The summed E-state index contributed by atoms with van der Waals surface area (Å²) in [5, 5.41) is 20.1. The van der Waals surface area contributed by atoms with Crippen LogP contribution in [0, 0.1) is 0 Å². The Balaban J connectivity index is 3.04. The Kier molecular flexibility index (Phi) is 8.57. The molecule has 164 valence electrons. The van der Waals surface area contributed by atoms with E-state index in [9.17, 15) is 24.4 Å². The molecule has 0 heterocycles. The molecule has 0 saturated carbocycles. The third-order valence-electron chi connectivity index (χ3n) is 4.31. The highest BCUT2D eigenvalue weighted by atomic mass is 31.2. The largest absolute Gasteiger partial charge is 0.524 e. The van der Waals surface area contributed by atoms with E-state index in [0.717, 1.165) is 12.1 Å². The molecular weight excluding hydrogens is 407 g/mol. The molecule has 1 amide bonds. The molecule has 0 aliphatic rings. The third kappa shape index (κ3) is 6.96. The summed E-state index contributed by atoms with van der Waals surface area (Å²) in [6.45, 7) is 1.66. The van der Waals surface area contributed by atoms with E-state index in [1.54, 1.807) is 0 Å². The fraction of sp³-hybridized carbons (Fsp3) is 0.500. The Hall–Kier alpha value is -2.21. The summed E-state index contributed by atoms with van der Waals surface area (Å²) in [5.74, 6) is 2.53. The lowest BCUT2D eigenvalue weighted by Crippen LogP contribution is -2.63. The van der Waals surface area contributed by atoms with Crippen molar-refractivity contribution in [2.45, 2.75) is 44.2 Å². The maximum Gasteiger partial charge on any atom is 0.524 e. The average molecular weight is 434 g/mol. The number of hydrogen-bond donors (Lipinski definition) is 7. The van der Waals surface area contributed by atoms with Gasteiger partial charge in [0.2, 0.25) is 0 Å². The molecule has 0 spiro atoms. The second-order valence-corrected chi connectivity index (χ2v) is 7.90. The molecule has 1 aromatic carbocycles. The summed E-state index contributed by atoms with van der Waals surface area (Å²) in [4.78, 5) is 42.0. The number of amides is 1. The molecule has 0 saturated heterocycles. The van der Waals surface area contributed by atoms with Crippen LogP contribution in [0.3, 0.4) is 0 Å². The number of hydrogen-bond acceptors (Lipinski definition) is 8. The predicted molar refractivity (Wildman–Crippen MR) is 102 cm³/mol. The van der Waals surface area contributed by atoms with Gasteiger partial charge in [0, 0.05) is 6.42 Å². The number of hydrazine groups is 1. The molecule has 0 aromatic heterocycles. The van der Waals surface area contributed by atoms with Crippen LogP contribution in [0.5, 0.6) is 11.5 Å². The minimum atomic E-state index is -4.89. The Morgan fingerprint density at radius 2 is 1.93 bits per heavy atom. The second-order valence-electron chi connectivity index (χ2n) is 6.74. The highest BCUT2D eigenvalue weighted by molar-refractivity contribution is 7.46. The highest BCUT2D eigenvalue weighted by Gasteiger charge is 2.42. The molecule has 0 bridgehead atoms. The molecule has 0 aliphatic carbocycles. The number of aliphatic carboxylic acids is 1. The van der Waals surface area contributed by atoms with Gasteiger partial charge in [0.1, 0.15) is 0 Å². The lowest BCUT2D eigenvalue weighted by molar-refractivity contribution is -0.159. The number of benzene rings is 1. The number of nitrogens with two attached hydrogens (primary N) is 3. The monoisotopic (exact) mass is 434 g/mol. The van der Waals surface area contributed by atoms with E-state index in [0.29, 0.717) is 24.4 Å². The van der Waals surface area contributed by atoms with Crippen molar-refractivity contribution in [1.29, 1.82) is 0 Å². The van der Waals surface area contributed by atoms with E-state index >= 15 is 0 Å². The topological polar surface area (TPSA) is 223 Å². The average Bonchev–Trinajstić information content (AvgIpc) is 2.61. The van der Waals surface area contributed by atoms with Crippen molar-refractivity contribution in [3.05, 3.63) is 23.8 Å². The summed E-state index contributed by atoms with van der Waals surface area (Å²) >= 11 is 0. The Labute approximate surface area is 167 Å². The van der Waals surface area contributed by atoms with Crippen molar-refractivity contribution < 1.29 is 38.7 Å². The maximum atomic E-state index is 12.5. The molecule has 0 aliphatic heterocycles. The fourth-order valence-electron chi connectivity index (χ4n) is 2.59. The summed E-state index contributed by atoms with van der Waals surface area (Å²) in [6, 6.07) is 2.40. The first-order valence-electron chi connectivity index (χ1n) is 8.66. The number of phosphoric ester groups is 1. The quantitative estimate of drug-likeness (QED) is 0.0766. The summed E-state index contributed by atoms with van der Waals surface area (Å²) < 4.78 is 15.2. The van der Waals surface area contributed by atoms with Gasteiger partial charge in [-0.1, -0.05) is 12.5 Å². The second kappa shape index (κ2) is 10.0. The summed E-state index contributed by atoms with van der Waals surface area (Å²) in [7, 11) is -4.89. The van der Waals surface area contributed by atoms with Crippen molar-refractivity contribution >= 4 is 19.7 Å². The number of phenolic OH excluding ortho intramolecular Hbond substituents is 1. The molecule has 12 nitrogen and oxygen atoms in total. The van der Waals surface area contributed by atoms with E-state index in [2.05, 4.69) is 4.52 Å². The molecule has 1 unspecified atom stereocenters. The first-order chi connectivity index (χ1) is 13.3. The number of rotatable bonds is 11. The molecule has 1 rings (SSSR count). The van der Waals surface area contributed by atoms with Gasteiger partial charge in [-0.2, -0.15) is 0 Å². The number of carbonyl (C=O) groups excluding carboxylic acids is 1. The first kappa shape index (κ1) is 24.8. The van der Waals surface area contributed by atoms with Crippen molar-refractivity contribution in [3.8, 4) is 11.5 Å². The minimum absolute atomic E-state index is 0.227. The van der Waals surface area contributed by atoms with Crippen molar-refractivity contribution in [1.82, 2.24) is 5.01 Å². The number of carboxylic acid groups (broad SMARTS) is 1. The number of carbonyl (C=O) groups is 2. The van der Waals surface area contributed by atoms with E-state index in [1.165, 1.54) is 13.0 Å². The zero-order chi connectivity index (χ0) is 22.4. The van der Waals surface area contributed by atoms with Crippen LogP contribution in [0.1, 0.15) is 31.7 Å². The van der Waals surface area contributed by atoms with Crippen LogP contribution in [-0.2, 0) is 20.6 Å². The minimum Gasteiger partial charge on any atom is -0.504 e. The smallest absolute Gasteiger partial charge is 0.504 e. The van der Waals surface area contributed by atoms with Crippen LogP contribution in [-0.4, -0.2) is 55.0 Å². The van der Waals surface area contributed by atoms with Crippen LogP contribution in [0.25, 0.3) is 0 Å². The van der Waals surface area contributed by atoms with E-state index in [1.807, 2.05) is 0 Å². The van der Waals surface area contributed by atoms with Crippen LogP contribution in [0.2, 0.25) is 0 Å². The number of phosphoric acid groups is 1. The molecular formula is C16H27N4O8P. The number of aromatic hydroxyl groups is 1. The zero-order valence-corrected chi connectivity index (χ0v) is 16.8. The number of nitrogens with zero attached hydrogens (tertiary/aromatic N) is 1. The predicted octanol–water partition coefficient (Wildman–Crippen LogP) is -0.592. The third-order valence-corrected chi connectivity index (χ3v) is 4.74. The number of carboxylic acids is 1. The number of phenols is 1. The molecule has 2 atom stereocenters. The van der Waals surface area contributed by atoms with Crippen molar-refractivity contribution in [2.24, 2.45) is 17.3 Å². The zero-order valence-electron chi connectivity index (χ0n) is 15.9. The van der Waals surface area contributed by atoms with Crippen molar-refractivity contribution in [3.63, 3.8) is 0 Å². The van der Waals surface area contributed by atoms with E-state index in [-0.39, 0.29) is 18.4 Å². The van der Waals surface area contributed by atoms with Crippen molar-refractivity contribution in [2.75, 3.05) is 6.54 Å². The van der Waals surface area contributed by atoms with Crippen LogP contribution < -0.4 is 21.8 Å². The Bertz CT molecular complexity index is 786. The van der Waals surface area contributed by atoms with Gasteiger partial charge < -0.3 is 26.2 Å². The van der Waals surface area contributed by atoms with Crippen LogP contribution >= 0.6 is 7.82 Å². The standard InChI is InChI=1S/C16H27N4O8P/c1-16(15(23)24,20(19)14(22)11(18)4-2-3-7-17)9-10-5-6-13(12(21)8-10)28-29(25,26)27/h5-6,8,11,21H,2-4,7,9,17-19H2,1H3,(H,23,24)(H2,25,26,27)/t11-,16?/m0/s1. The highest BCUT2D eigenvalue weighted by Crippen LogP contribution is 2.42. The van der Waals surface area contributed by atoms with Crippen LogP contribution in [0.15, 0.2) is 18.2 Å². The maximum absolute atomic E-state index is 12.5. The molecule has 1 aromatic rings. The van der Waals surface area contributed by atoms with Gasteiger partial charge in [-0.15, -0.1) is 0 Å². The fourth-order valence-corrected chi connectivity index (χ4v) is 3.00. The molecule has 29 heavy (non-hydrogen) atoms. The van der Waals surface area contributed by atoms with Gasteiger partial charge in [0.25, 0.3) is 5.91 Å². The normalized spacial score (nSPS) is 14.7. The summed E-state index contributed by atoms with van der Waals surface area (Å²) in [5.41, 5.74) is 9.53. The SMILES string of the molecule is CC(Cc1ccc(OP(=O)(O)O)c(O)c1)(C(=O)O)N(N)C(=O)[C@@H](N)CCCCN. The van der Waals surface area contributed by atoms with E-state index < -0.39 is 42.8 Å².